The largest absolute Gasteiger partial charge is 0.463 e. The number of aryl methyl sites for hydroxylation is 1. The fourth-order valence-corrected chi connectivity index (χ4v) is 2.81. The molecule has 8 heteroatoms. The van der Waals surface area contributed by atoms with Gasteiger partial charge in [0.05, 0.1) is 17.4 Å². The highest BCUT2D eigenvalue weighted by Crippen LogP contribution is 2.21. The van der Waals surface area contributed by atoms with Crippen molar-refractivity contribution in [1.29, 1.82) is 0 Å². The van der Waals surface area contributed by atoms with Gasteiger partial charge >= 0.3 is 6.01 Å². The third kappa shape index (κ3) is 4.07. The maximum atomic E-state index is 11.8. The van der Waals surface area contributed by atoms with Gasteiger partial charge in [-0.2, -0.15) is 0 Å². The molecular weight excluding hydrogens is 362 g/mol. The highest BCUT2D eigenvalue weighted by Gasteiger charge is 2.22. The first-order valence-corrected chi connectivity index (χ1v) is 8.29. The van der Waals surface area contributed by atoms with E-state index in [9.17, 15) is 4.79 Å². The second-order valence-electron chi connectivity index (χ2n) is 5.65. The molecule has 2 aromatic rings. The summed E-state index contributed by atoms with van der Waals surface area (Å²) in [6, 6.07) is 1.97. The van der Waals surface area contributed by atoms with Crippen LogP contribution < -0.4 is 15.2 Å². The van der Waals surface area contributed by atoms with Crippen LogP contribution >= 0.6 is 15.9 Å². The van der Waals surface area contributed by atoms with Gasteiger partial charge in [0.2, 0.25) is 0 Å². The van der Waals surface area contributed by atoms with E-state index < -0.39 is 0 Å². The molecule has 1 aliphatic heterocycles. The Balaban J connectivity index is 1.60. The Morgan fingerprint density at radius 2 is 2.13 bits per heavy atom. The van der Waals surface area contributed by atoms with Crippen LogP contribution in [0.1, 0.15) is 12.8 Å². The average Bonchev–Trinajstić information content (AvgIpc) is 2.57. The first kappa shape index (κ1) is 15.9. The number of nitrogens with zero attached hydrogens (tertiary/aromatic N) is 5. The molecule has 0 spiro atoms. The van der Waals surface area contributed by atoms with Crippen molar-refractivity contribution in [3.05, 3.63) is 39.6 Å². The summed E-state index contributed by atoms with van der Waals surface area (Å²) < 4.78 is 7.97. The molecule has 1 saturated heterocycles. The second kappa shape index (κ2) is 7.08. The van der Waals surface area contributed by atoms with Crippen molar-refractivity contribution in [1.82, 2.24) is 19.5 Å². The quantitative estimate of drug-likeness (QED) is 0.803. The maximum Gasteiger partial charge on any atom is 0.316 e. The Hall–Kier alpha value is -1.96. The second-order valence-corrected chi connectivity index (χ2v) is 6.56. The summed E-state index contributed by atoms with van der Waals surface area (Å²) in [6.07, 6.45) is 7.02. The van der Waals surface area contributed by atoms with Gasteiger partial charge in [0.1, 0.15) is 5.82 Å². The summed E-state index contributed by atoms with van der Waals surface area (Å²) >= 11 is 3.30. The molecule has 1 atom stereocenters. The summed E-state index contributed by atoms with van der Waals surface area (Å²) in [5, 5.41) is 0. The summed E-state index contributed by atoms with van der Waals surface area (Å²) in [5.74, 6) is 1.10. The van der Waals surface area contributed by atoms with Crippen molar-refractivity contribution < 1.29 is 4.74 Å². The standard InChI is InChI=1S/C15H18BrN5O2/c1-20-10-19-13(5-14(20)22)21-4-2-3-11(8-21)9-23-15-17-6-12(16)7-18-15/h5-7,10-11H,2-4,8-9H2,1H3. The van der Waals surface area contributed by atoms with Crippen LogP contribution in [0.4, 0.5) is 5.82 Å². The molecular formula is C15H18BrN5O2. The topological polar surface area (TPSA) is 73.1 Å². The fourth-order valence-electron chi connectivity index (χ4n) is 2.60. The lowest BCUT2D eigenvalue weighted by atomic mass is 9.99. The van der Waals surface area contributed by atoms with Crippen molar-refractivity contribution in [3.63, 3.8) is 0 Å². The van der Waals surface area contributed by atoms with E-state index in [2.05, 4.69) is 35.8 Å². The predicted molar refractivity (Wildman–Crippen MR) is 89.6 cm³/mol. The third-order valence-corrected chi connectivity index (χ3v) is 4.26. The van der Waals surface area contributed by atoms with Gasteiger partial charge in [-0.3, -0.25) is 4.79 Å². The minimum absolute atomic E-state index is 0.0448. The molecule has 0 aliphatic carbocycles. The van der Waals surface area contributed by atoms with Crippen LogP contribution in [-0.4, -0.2) is 39.2 Å². The smallest absolute Gasteiger partial charge is 0.316 e. The highest BCUT2D eigenvalue weighted by atomic mass is 79.9. The third-order valence-electron chi connectivity index (χ3n) is 3.85. The molecule has 2 aromatic heterocycles. The molecule has 3 rings (SSSR count). The number of rotatable bonds is 4. The molecule has 1 fully saturated rings. The molecule has 0 saturated carbocycles. The lowest BCUT2D eigenvalue weighted by Crippen LogP contribution is -2.39. The normalized spacial score (nSPS) is 18.0. The Bertz CT molecular complexity index is 719. The van der Waals surface area contributed by atoms with E-state index in [-0.39, 0.29) is 5.56 Å². The molecule has 122 valence electrons. The molecule has 0 aromatic carbocycles. The van der Waals surface area contributed by atoms with Gasteiger partial charge in [-0.05, 0) is 28.8 Å². The number of piperidine rings is 1. The Kier molecular flexibility index (Phi) is 4.90. The number of hydrogen-bond acceptors (Lipinski definition) is 6. The van der Waals surface area contributed by atoms with Gasteiger partial charge in [-0.1, -0.05) is 0 Å². The monoisotopic (exact) mass is 379 g/mol. The number of hydrogen-bond donors (Lipinski definition) is 0. The molecule has 1 unspecified atom stereocenters. The zero-order valence-corrected chi connectivity index (χ0v) is 14.4. The van der Waals surface area contributed by atoms with Gasteiger partial charge in [-0.15, -0.1) is 0 Å². The molecule has 0 bridgehead atoms. The van der Waals surface area contributed by atoms with Crippen molar-refractivity contribution in [2.75, 3.05) is 24.6 Å². The number of aromatic nitrogens is 4. The van der Waals surface area contributed by atoms with Crippen LogP contribution in [0.2, 0.25) is 0 Å². The Morgan fingerprint density at radius 3 is 2.87 bits per heavy atom. The predicted octanol–water partition coefficient (Wildman–Crippen LogP) is 1.63. The van der Waals surface area contributed by atoms with Crippen LogP contribution in [0.25, 0.3) is 0 Å². The summed E-state index contributed by atoms with van der Waals surface area (Å²) in [7, 11) is 1.70. The molecule has 1 aliphatic rings. The number of halogens is 1. The summed E-state index contributed by atoms with van der Waals surface area (Å²) in [6.45, 7) is 2.28. The minimum Gasteiger partial charge on any atom is -0.463 e. The van der Waals surface area contributed by atoms with Crippen molar-refractivity contribution in [3.8, 4) is 6.01 Å². The van der Waals surface area contributed by atoms with Crippen molar-refractivity contribution in [2.24, 2.45) is 13.0 Å². The van der Waals surface area contributed by atoms with Gasteiger partial charge in [-0.25, -0.2) is 15.0 Å². The number of anilines is 1. The first-order valence-electron chi connectivity index (χ1n) is 7.50. The highest BCUT2D eigenvalue weighted by molar-refractivity contribution is 9.10. The fraction of sp³-hybridized carbons (Fsp3) is 0.467. The Labute approximate surface area is 142 Å². The van der Waals surface area contributed by atoms with E-state index in [0.717, 1.165) is 36.2 Å². The lowest BCUT2D eigenvalue weighted by molar-refractivity contribution is 0.213. The molecule has 7 nitrogen and oxygen atoms in total. The average molecular weight is 380 g/mol. The zero-order chi connectivity index (χ0) is 16.2. The summed E-state index contributed by atoms with van der Waals surface area (Å²) in [4.78, 5) is 26.5. The molecule has 0 radical (unpaired) electrons. The van der Waals surface area contributed by atoms with Crippen LogP contribution in [0.5, 0.6) is 6.01 Å². The zero-order valence-electron chi connectivity index (χ0n) is 12.9. The van der Waals surface area contributed by atoms with Crippen LogP contribution in [0.15, 0.2) is 34.1 Å². The van der Waals surface area contributed by atoms with E-state index in [1.807, 2.05) is 0 Å². The molecule has 23 heavy (non-hydrogen) atoms. The van der Waals surface area contributed by atoms with Gasteiger partial charge in [0.25, 0.3) is 5.56 Å². The van der Waals surface area contributed by atoms with Gasteiger partial charge in [0.15, 0.2) is 0 Å². The maximum absolute atomic E-state index is 11.8. The minimum atomic E-state index is -0.0448. The Morgan fingerprint density at radius 1 is 1.35 bits per heavy atom. The van der Waals surface area contributed by atoms with Crippen LogP contribution in [-0.2, 0) is 7.05 Å². The molecule has 3 heterocycles. The van der Waals surface area contributed by atoms with E-state index in [0.29, 0.717) is 18.5 Å². The first-order chi connectivity index (χ1) is 11.1. The lowest BCUT2D eigenvalue weighted by Gasteiger charge is -2.33. The van der Waals surface area contributed by atoms with Crippen LogP contribution in [0.3, 0.4) is 0 Å². The number of ether oxygens (including phenoxy) is 1. The van der Waals surface area contributed by atoms with Gasteiger partial charge < -0.3 is 14.2 Å². The van der Waals surface area contributed by atoms with Crippen molar-refractivity contribution >= 4 is 21.7 Å². The van der Waals surface area contributed by atoms with E-state index in [4.69, 9.17) is 4.74 Å². The van der Waals surface area contributed by atoms with E-state index >= 15 is 0 Å². The summed E-state index contributed by atoms with van der Waals surface area (Å²) in [5.41, 5.74) is -0.0448. The van der Waals surface area contributed by atoms with E-state index in [1.165, 1.54) is 4.57 Å². The van der Waals surface area contributed by atoms with Gasteiger partial charge in [0, 0.05) is 44.5 Å². The van der Waals surface area contributed by atoms with E-state index in [1.54, 1.807) is 31.8 Å². The molecule has 0 N–H and O–H groups in total. The van der Waals surface area contributed by atoms with Crippen LogP contribution in [0, 0.1) is 5.92 Å². The van der Waals surface area contributed by atoms with Crippen molar-refractivity contribution in [2.45, 2.75) is 12.8 Å². The SMILES string of the molecule is Cn1cnc(N2CCCC(COc3ncc(Br)cn3)C2)cc1=O. The molecule has 0 amide bonds.